The van der Waals surface area contributed by atoms with E-state index in [-0.39, 0.29) is 22.7 Å². The van der Waals surface area contributed by atoms with Crippen molar-refractivity contribution in [3.05, 3.63) is 76.5 Å². The van der Waals surface area contributed by atoms with Crippen LogP contribution < -0.4 is 5.56 Å². The maximum atomic E-state index is 13.6. The smallest absolute Gasteiger partial charge is 0.258 e. The number of hydrogen-bond acceptors (Lipinski definition) is 5. The normalized spacial score (nSPS) is 17.1. The molecule has 2 fully saturated rings. The summed E-state index contributed by atoms with van der Waals surface area (Å²) in [5.41, 5.74) is 2.51. The highest BCUT2D eigenvalue weighted by Crippen LogP contribution is 2.38. The first-order valence-corrected chi connectivity index (χ1v) is 11.2. The second-order valence-electron chi connectivity index (χ2n) is 9.12. The minimum absolute atomic E-state index is 0.0239. The van der Waals surface area contributed by atoms with E-state index in [1.165, 1.54) is 18.2 Å². The van der Waals surface area contributed by atoms with Crippen molar-refractivity contribution in [2.75, 3.05) is 26.3 Å². The molecule has 9 heteroatoms. The topological polar surface area (TPSA) is 93.1 Å². The standard InChI is InChI=1S/C25H22FN5O3/c26-18-3-6-21-17(11-18)12-20(23(32)27-21)22-13-31(29-28-22)19-4-1-16(2-5-19)24(33)30-9-7-25(8-10-30)14-34-15-25/h1-6,11-13H,7-10,14-15H2,(H,27,32). The van der Waals surface area contributed by atoms with Gasteiger partial charge in [-0.1, -0.05) is 5.21 Å². The lowest BCUT2D eigenvalue weighted by atomic mass is 9.77. The number of halogens is 1. The number of aromatic nitrogens is 4. The first-order valence-electron chi connectivity index (χ1n) is 11.2. The van der Waals surface area contributed by atoms with Crippen molar-refractivity contribution in [1.82, 2.24) is 24.9 Å². The van der Waals surface area contributed by atoms with Crippen LogP contribution in [0.2, 0.25) is 0 Å². The van der Waals surface area contributed by atoms with Crippen LogP contribution >= 0.6 is 0 Å². The Labute approximate surface area is 194 Å². The summed E-state index contributed by atoms with van der Waals surface area (Å²) in [6, 6.07) is 13.0. The molecule has 2 saturated heterocycles. The molecule has 8 nitrogen and oxygen atoms in total. The summed E-state index contributed by atoms with van der Waals surface area (Å²) in [6.45, 7) is 3.12. The van der Waals surface area contributed by atoms with Gasteiger partial charge in [0.25, 0.3) is 11.5 Å². The van der Waals surface area contributed by atoms with Gasteiger partial charge < -0.3 is 14.6 Å². The van der Waals surface area contributed by atoms with Gasteiger partial charge in [0.1, 0.15) is 11.5 Å². The highest BCUT2D eigenvalue weighted by atomic mass is 19.1. The van der Waals surface area contributed by atoms with Crippen LogP contribution in [0, 0.1) is 11.2 Å². The molecule has 4 aromatic rings. The Kier molecular flexibility index (Phi) is 4.80. The number of nitrogens with zero attached hydrogens (tertiary/aromatic N) is 4. The molecule has 4 heterocycles. The average molecular weight is 459 g/mol. The van der Waals surface area contributed by atoms with E-state index in [9.17, 15) is 14.0 Å². The van der Waals surface area contributed by atoms with E-state index in [4.69, 9.17) is 4.74 Å². The summed E-state index contributed by atoms with van der Waals surface area (Å²) in [4.78, 5) is 30.1. The van der Waals surface area contributed by atoms with Crippen LogP contribution in [-0.2, 0) is 4.74 Å². The van der Waals surface area contributed by atoms with Crippen LogP contribution in [0.4, 0.5) is 4.39 Å². The maximum Gasteiger partial charge on any atom is 0.258 e. The summed E-state index contributed by atoms with van der Waals surface area (Å²) in [7, 11) is 0. The van der Waals surface area contributed by atoms with Gasteiger partial charge in [0.2, 0.25) is 0 Å². The SMILES string of the molecule is O=C(c1ccc(-n2cc(-c3cc4cc(F)ccc4[nH]c3=O)nn2)cc1)N1CCC2(CC1)COC2. The van der Waals surface area contributed by atoms with Crippen LogP contribution in [0.25, 0.3) is 27.8 Å². The van der Waals surface area contributed by atoms with E-state index in [0.29, 0.717) is 33.4 Å². The molecule has 2 aliphatic heterocycles. The third-order valence-electron chi connectivity index (χ3n) is 6.88. The predicted molar refractivity (Wildman–Crippen MR) is 123 cm³/mol. The van der Waals surface area contributed by atoms with Crippen LogP contribution in [0.3, 0.4) is 0 Å². The van der Waals surface area contributed by atoms with E-state index in [0.717, 1.165) is 39.1 Å². The zero-order valence-corrected chi connectivity index (χ0v) is 18.3. The van der Waals surface area contributed by atoms with E-state index < -0.39 is 0 Å². The molecule has 2 aliphatic rings. The quantitative estimate of drug-likeness (QED) is 0.508. The number of nitrogens with one attached hydrogen (secondary N) is 1. The number of benzene rings is 2. The van der Waals surface area contributed by atoms with Gasteiger partial charge in [0.15, 0.2) is 0 Å². The number of aromatic amines is 1. The van der Waals surface area contributed by atoms with Gasteiger partial charge in [-0.25, -0.2) is 9.07 Å². The molecule has 34 heavy (non-hydrogen) atoms. The second-order valence-corrected chi connectivity index (χ2v) is 9.12. The molecule has 0 saturated carbocycles. The van der Waals surface area contributed by atoms with Gasteiger partial charge in [-0.3, -0.25) is 9.59 Å². The molecule has 0 aliphatic carbocycles. The first kappa shape index (κ1) is 20.7. The number of amides is 1. The van der Waals surface area contributed by atoms with Crippen LogP contribution in [-0.4, -0.2) is 57.1 Å². The second kappa shape index (κ2) is 7.88. The lowest BCUT2D eigenvalue weighted by Crippen LogP contribution is -2.52. The molecule has 0 atom stereocenters. The van der Waals surface area contributed by atoms with Crippen molar-refractivity contribution in [1.29, 1.82) is 0 Å². The molecule has 0 bridgehead atoms. The van der Waals surface area contributed by atoms with Crippen LogP contribution in [0.5, 0.6) is 0 Å². The number of likely N-dealkylation sites (tertiary alicyclic amines) is 1. The van der Waals surface area contributed by atoms with E-state index in [2.05, 4.69) is 15.3 Å². The fourth-order valence-corrected chi connectivity index (χ4v) is 4.68. The zero-order chi connectivity index (χ0) is 23.3. The molecule has 2 aromatic carbocycles. The maximum absolute atomic E-state index is 13.6. The number of pyridine rings is 1. The number of carbonyl (C=O) groups excluding carboxylic acids is 1. The number of H-pyrrole nitrogens is 1. The van der Waals surface area contributed by atoms with Crippen molar-refractivity contribution in [3.63, 3.8) is 0 Å². The van der Waals surface area contributed by atoms with Crippen molar-refractivity contribution in [3.8, 4) is 16.9 Å². The molecule has 0 unspecified atom stereocenters. The summed E-state index contributed by atoms with van der Waals surface area (Å²) in [5.74, 6) is -0.360. The molecule has 1 amide bonds. The van der Waals surface area contributed by atoms with Crippen LogP contribution in [0.1, 0.15) is 23.2 Å². The van der Waals surface area contributed by atoms with Crippen LogP contribution in [0.15, 0.2) is 59.5 Å². The van der Waals surface area contributed by atoms with Crippen molar-refractivity contribution in [2.45, 2.75) is 12.8 Å². The molecular weight excluding hydrogens is 437 g/mol. The zero-order valence-electron chi connectivity index (χ0n) is 18.3. The molecule has 6 rings (SSSR count). The number of hydrogen-bond donors (Lipinski definition) is 1. The number of rotatable bonds is 3. The Bertz CT molecular complexity index is 1450. The Morgan fingerprint density at radius 3 is 2.53 bits per heavy atom. The molecule has 0 radical (unpaired) electrons. The highest BCUT2D eigenvalue weighted by Gasteiger charge is 2.42. The third kappa shape index (κ3) is 3.58. The lowest BCUT2D eigenvalue weighted by Gasteiger charge is -2.47. The Balaban J connectivity index is 1.21. The number of carbonyl (C=O) groups is 1. The monoisotopic (exact) mass is 459 g/mol. The van der Waals surface area contributed by atoms with E-state index in [1.54, 1.807) is 41.2 Å². The van der Waals surface area contributed by atoms with E-state index >= 15 is 0 Å². The molecule has 1 N–H and O–H groups in total. The highest BCUT2D eigenvalue weighted by molar-refractivity contribution is 5.94. The Morgan fingerprint density at radius 1 is 1.06 bits per heavy atom. The van der Waals surface area contributed by atoms with Gasteiger partial charge in [0.05, 0.1) is 30.7 Å². The summed E-state index contributed by atoms with van der Waals surface area (Å²) in [6.07, 6.45) is 3.61. The average Bonchev–Trinajstić information content (AvgIpc) is 3.33. The van der Waals surface area contributed by atoms with Crippen molar-refractivity contribution < 1.29 is 13.9 Å². The molecule has 1 spiro atoms. The fourth-order valence-electron chi connectivity index (χ4n) is 4.68. The Hall–Kier alpha value is -3.85. The van der Waals surface area contributed by atoms with Gasteiger partial charge >= 0.3 is 0 Å². The summed E-state index contributed by atoms with van der Waals surface area (Å²) >= 11 is 0. The number of piperidine rings is 1. The minimum atomic E-state index is -0.384. The van der Waals surface area contributed by atoms with Gasteiger partial charge in [-0.05, 0) is 61.4 Å². The predicted octanol–water partition coefficient (Wildman–Crippen LogP) is 3.17. The van der Waals surface area contributed by atoms with Gasteiger partial charge in [0, 0.05) is 35.0 Å². The summed E-state index contributed by atoms with van der Waals surface area (Å²) in [5, 5.41) is 8.83. The van der Waals surface area contributed by atoms with E-state index in [1.807, 2.05) is 4.90 Å². The lowest BCUT2D eigenvalue weighted by molar-refractivity contribution is -0.136. The number of ether oxygens (including phenoxy) is 1. The fraction of sp³-hybridized carbons (Fsp3) is 0.280. The van der Waals surface area contributed by atoms with Crippen molar-refractivity contribution >= 4 is 16.8 Å². The third-order valence-corrected chi connectivity index (χ3v) is 6.88. The minimum Gasteiger partial charge on any atom is -0.380 e. The van der Waals surface area contributed by atoms with Gasteiger partial charge in [-0.15, -0.1) is 5.10 Å². The van der Waals surface area contributed by atoms with Gasteiger partial charge in [-0.2, -0.15) is 0 Å². The first-order chi connectivity index (χ1) is 16.5. The molecule has 172 valence electrons. The van der Waals surface area contributed by atoms with Crippen molar-refractivity contribution in [2.24, 2.45) is 5.41 Å². The largest absolute Gasteiger partial charge is 0.380 e. The molecular formula is C25H22FN5O3. The number of fused-ring (bicyclic) bond motifs is 1. The summed E-state index contributed by atoms with van der Waals surface area (Å²) < 4.78 is 20.5. The molecule has 2 aromatic heterocycles. The Morgan fingerprint density at radius 2 is 1.82 bits per heavy atom.